The lowest BCUT2D eigenvalue weighted by atomic mass is 10.00. The van der Waals surface area contributed by atoms with Gasteiger partial charge in [-0.1, -0.05) is 30.3 Å². The summed E-state index contributed by atoms with van der Waals surface area (Å²) in [5.41, 5.74) is 2.23. The van der Waals surface area contributed by atoms with Crippen LogP contribution in [0, 0.1) is 6.92 Å². The molecule has 3 heterocycles. The van der Waals surface area contributed by atoms with Crippen molar-refractivity contribution in [2.45, 2.75) is 38.8 Å². The largest absolute Gasteiger partial charge is 0.346 e. The predicted molar refractivity (Wildman–Crippen MR) is 102 cm³/mol. The van der Waals surface area contributed by atoms with E-state index < -0.39 is 0 Å². The van der Waals surface area contributed by atoms with Gasteiger partial charge in [0.1, 0.15) is 0 Å². The van der Waals surface area contributed by atoms with Crippen LogP contribution in [0.1, 0.15) is 47.7 Å². The summed E-state index contributed by atoms with van der Waals surface area (Å²) < 4.78 is 1.60. The van der Waals surface area contributed by atoms with E-state index in [1.807, 2.05) is 19.1 Å². The van der Waals surface area contributed by atoms with Crippen LogP contribution in [0.25, 0.3) is 5.78 Å². The van der Waals surface area contributed by atoms with E-state index >= 15 is 0 Å². The van der Waals surface area contributed by atoms with Gasteiger partial charge in [-0.05, 0) is 38.3 Å². The van der Waals surface area contributed by atoms with Crippen molar-refractivity contribution in [3.05, 3.63) is 59.7 Å². The van der Waals surface area contributed by atoms with Gasteiger partial charge in [-0.2, -0.15) is 4.98 Å². The van der Waals surface area contributed by atoms with Crippen LogP contribution in [0.3, 0.4) is 0 Å². The molecular formula is C20H24N6O. The number of hydrogen-bond donors (Lipinski definition) is 1. The molecule has 3 aromatic rings. The maximum absolute atomic E-state index is 12.5. The lowest BCUT2D eigenvalue weighted by Crippen LogP contribution is -2.45. The lowest BCUT2D eigenvalue weighted by Gasteiger charge is -2.36. The highest BCUT2D eigenvalue weighted by molar-refractivity contribution is 5.91. The van der Waals surface area contributed by atoms with Crippen LogP contribution in [-0.2, 0) is 0 Å². The topological polar surface area (TPSA) is 75.4 Å². The van der Waals surface area contributed by atoms with E-state index in [2.05, 4.69) is 56.5 Å². The standard InChI is InChI=1S/C20H24N6O/c1-14-8-11-21-20-23-18(24-26(14)20)19(27)22-17-9-12-25(13-10-17)15(2)16-6-4-3-5-7-16/h3-8,11,15,17H,9-10,12-13H2,1-2H3,(H,22,27)/t15-/m1/s1. The first-order chi connectivity index (χ1) is 13.1. The molecule has 1 aromatic carbocycles. The molecule has 0 radical (unpaired) electrons. The number of carbonyl (C=O) groups excluding carboxylic acids is 1. The molecule has 0 unspecified atom stereocenters. The Bertz CT molecular complexity index is 930. The average Bonchev–Trinajstić information content (AvgIpc) is 3.15. The number of benzene rings is 1. The van der Waals surface area contributed by atoms with Gasteiger partial charge in [0, 0.05) is 37.1 Å². The second-order valence-electron chi connectivity index (χ2n) is 7.10. The fraction of sp³-hybridized carbons (Fsp3) is 0.400. The molecule has 1 amide bonds. The molecule has 1 aliphatic heterocycles. The van der Waals surface area contributed by atoms with Crippen molar-refractivity contribution >= 4 is 11.7 Å². The number of aryl methyl sites for hydroxylation is 1. The number of rotatable bonds is 4. The van der Waals surface area contributed by atoms with Gasteiger partial charge in [-0.3, -0.25) is 9.69 Å². The van der Waals surface area contributed by atoms with E-state index in [0.29, 0.717) is 11.8 Å². The number of piperidine rings is 1. The molecule has 1 atom stereocenters. The van der Waals surface area contributed by atoms with E-state index in [1.54, 1.807) is 10.7 Å². The maximum Gasteiger partial charge on any atom is 0.291 e. The molecule has 7 heteroatoms. The lowest BCUT2D eigenvalue weighted by molar-refractivity contribution is 0.0886. The second kappa shape index (κ2) is 7.44. The van der Waals surface area contributed by atoms with Gasteiger partial charge in [0.25, 0.3) is 11.7 Å². The van der Waals surface area contributed by atoms with Gasteiger partial charge in [-0.25, -0.2) is 9.50 Å². The average molecular weight is 364 g/mol. The first kappa shape index (κ1) is 17.6. The normalized spacial score (nSPS) is 17.1. The van der Waals surface area contributed by atoms with Crippen LogP contribution in [0.2, 0.25) is 0 Å². The number of likely N-dealkylation sites (tertiary alicyclic amines) is 1. The van der Waals surface area contributed by atoms with Crippen LogP contribution >= 0.6 is 0 Å². The summed E-state index contributed by atoms with van der Waals surface area (Å²) in [7, 11) is 0. The number of hydrogen-bond acceptors (Lipinski definition) is 5. The molecule has 1 N–H and O–H groups in total. The number of fused-ring (bicyclic) bond motifs is 1. The summed E-state index contributed by atoms with van der Waals surface area (Å²) in [4.78, 5) is 23.4. The van der Waals surface area contributed by atoms with Crippen molar-refractivity contribution < 1.29 is 4.79 Å². The van der Waals surface area contributed by atoms with Crippen LogP contribution in [0.4, 0.5) is 0 Å². The smallest absolute Gasteiger partial charge is 0.291 e. The Labute approximate surface area is 158 Å². The third-order valence-electron chi connectivity index (χ3n) is 5.33. The van der Waals surface area contributed by atoms with Crippen molar-refractivity contribution in [3.8, 4) is 0 Å². The molecule has 1 fully saturated rings. The number of aromatic nitrogens is 4. The first-order valence-corrected chi connectivity index (χ1v) is 9.40. The molecule has 0 spiro atoms. The Morgan fingerprint density at radius 1 is 1.19 bits per heavy atom. The number of carbonyl (C=O) groups is 1. The Hall–Kier alpha value is -2.80. The van der Waals surface area contributed by atoms with Crippen molar-refractivity contribution in [2.75, 3.05) is 13.1 Å². The molecule has 0 bridgehead atoms. The number of nitrogens with one attached hydrogen (secondary N) is 1. The highest BCUT2D eigenvalue weighted by atomic mass is 16.2. The van der Waals surface area contributed by atoms with Crippen LogP contribution in [-0.4, -0.2) is 49.5 Å². The summed E-state index contributed by atoms with van der Waals surface area (Å²) in [5, 5.41) is 7.36. The first-order valence-electron chi connectivity index (χ1n) is 9.40. The molecule has 0 saturated carbocycles. The zero-order valence-electron chi connectivity index (χ0n) is 15.7. The fourth-order valence-electron chi connectivity index (χ4n) is 3.63. The fourth-order valence-corrected chi connectivity index (χ4v) is 3.63. The van der Waals surface area contributed by atoms with E-state index in [1.165, 1.54) is 5.56 Å². The summed E-state index contributed by atoms with van der Waals surface area (Å²) >= 11 is 0. The van der Waals surface area contributed by atoms with Gasteiger partial charge in [-0.15, -0.1) is 5.10 Å². The molecule has 0 aliphatic carbocycles. The minimum absolute atomic E-state index is 0.150. The van der Waals surface area contributed by atoms with Crippen LogP contribution in [0.15, 0.2) is 42.6 Å². The van der Waals surface area contributed by atoms with Gasteiger partial charge in [0.15, 0.2) is 0 Å². The SMILES string of the molecule is Cc1ccnc2nc(C(=O)NC3CCN([C@H](C)c4ccccc4)CC3)nn12. The van der Waals surface area contributed by atoms with Crippen molar-refractivity contribution in [1.82, 2.24) is 29.8 Å². The van der Waals surface area contributed by atoms with Gasteiger partial charge in [0.2, 0.25) is 5.82 Å². The number of amides is 1. The Morgan fingerprint density at radius 3 is 2.63 bits per heavy atom. The highest BCUT2D eigenvalue weighted by Gasteiger charge is 2.25. The van der Waals surface area contributed by atoms with E-state index in [0.717, 1.165) is 31.6 Å². The summed E-state index contributed by atoms with van der Waals surface area (Å²) in [6.07, 6.45) is 3.52. The Balaban J connectivity index is 1.36. The minimum atomic E-state index is -0.227. The molecule has 4 rings (SSSR count). The van der Waals surface area contributed by atoms with Gasteiger partial charge >= 0.3 is 0 Å². The Kier molecular flexibility index (Phi) is 4.85. The van der Waals surface area contributed by atoms with E-state index in [9.17, 15) is 4.79 Å². The number of nitrogens with zero attached hydrogens (tertiary/aromatic N) is 5. The van der Waals surface area contributed by atoms with Crippen LogP contribution in [0.5, 0.6) is 0 Å². The summed E-state index contributed by atoms with van der Waals surface area (Å²) in [6.45, 7) is 6.07. The quantitative estimate of drug-likeness (QED) is 0.769. The molecule has 140 valence electrons. The zero-order chi connectivity index (χ0) is 18.8. The molecular weight excluding hydrogens is 340 g/mol. The third kappa shape index (κ3) is 3.68. The minimum Gasteiger partial charge on any atom is -0.346 e. The van der Waals surface area contributed by atoms with Crippen molar-refractivity contribution in [2.24, 2.45) is 0 Å². The van der Waals surface area contributed by atoms with Crippen molar-refractivity contribution in [3.63, 3.8) is 0 Å². The molecule has 7 nitrogen and oxygen atoms in total. The predicted octanol–water partition coefficient (Wildman–Crippen LogP) is 2.39. The molecule has 27 heavy (non-hydrogen) atoms. The van der Waals surface area contributed by atoms with E-state index in [-0.39, 0.29) is 17.8 Å². The van der Waals surface area contributed by atoms with E-state index in [4.69, 9.17) is 0 Å². The summed E-state index contributed by atoms with van der Waals surface area (Å²) in [5.74, 6) is 0.401. The second-order valence-corrected chi connectivity index (χ2v) is 7.10. The Morgan fingerprint density at radius 2 is 1.93 bits per heavy atom. The van der Waals surface area contributed by atoms with Gasteiger partial charge < -0.3 is 5.32 Å². The van der Waals surface area contributed by atoms with Crippen molar-refractivity contribution in [1.29, 1.82) is 0 Å². The highest BCUT2D eigenvalue weighted by Crippen LogP contribution is 2.24. The van der Waals surface area contributed by atoms with Crippen LogP contribution < -0.4 is 5.32 Å². The molecule has 1 saturated heterocycles. The third-order valence-corrected chi connectivity index (χ3v) is 5.33. The zero-order valence-corrected chi connectivity index (χ0v) is 15.7. The van der Waals surface area contributed by atoms with Gasteiger partial charge in [0.05, 0.1) is 0 Å². The summed E-state index contributed by atoms with van der Waals surface area (Å²) in [6, 6.07) is 12.9. The molecule has 1 aliphatic rings. The maximum atomic E-state index is 12.5. The monoisotopic (exact) mass is 364 g/mol. The molecule has 2 aromatic heterocycles.